The summed E-state index contributed by atoms with van der Waals surface area (Å²) < 4.78 is 52.6. The molecule has 3 unspecified atom stereocenters. The van der Waals surface area contributed by atoms with Gasteiger partial charge in [0.05, 0.1) is 0 Å². The number of ketones is 1. The molecule has 0 spiro atoms. The van der Waals surface area contributed by atoms with Gasteiger partial charge < -0.3 is 5.32 Å². The standard InChI is InChI=1S/C16H17F4NO2/c1-9-8-12(22)6-7-13(9)15(23)21-14(16(18,19)20)10-2-4-11(17)5-3-10/h2-5,9,13-14H,6-8H2,1H3,(H,21,23). The molecule has 7 heteroatoms. The molecule has 2 rings (SSSR count). The van der Waals surface area contributed by atoms with Crippen molar-refractivity contribution in [1.29, 1.82) is 0 Å². The summed E-state index contributed by atoms with van der Waals surface area (Å²) in [6.45, 7) is 1.68. The fraction of sp³-hybridized carbons (Fsp3) is 0.500. The molecule has 0 saturated heterocycles. The van der Waals surface area contributed by atoms with Crippen molar-refractivity contribution in [1.82, 2.24) is 5.32 Å². The minimum atomic E-state index is -4.69. The lowest BCUT2D eigenvalue weighted by Gasteiger charge is -2.30. The molecule has 0 bridgehead atoms. The minimum absolute atomic E-state index is 0.0208. The average Bonchev–Trinajstić information content (AvgIpc) is 2.44. The van der Waals surface area contributed by atoms with Gasteiger partial charge in [-0.1, -0.05) is 19.1 Å². The molecule has 23 heavy (non-hydrogen) atoms. The molecule has 0 heterocycles. The number of benzene rings is 1. The van der Waals surface area contributed by atoms with E-state index in [4.69, 9.17) is 0 Å². The lowest BCUT2D eigenvalue weighted by Crippen LogP contribution is -2.44. The Morgan fingerprint density at radius 1 is 1.26 bits per heavy atom. The number of alkyl halides is 3. The first-order valence-electron chi connectivity index (χ1n) is 7.32. The summed E-state index contributed by atoms with van der Waals surface area (Å²) in [4.78, 5) is 23.5. The summed E-state index contributed by atoms with van der Waals surface area (Å²) in [5.41, 5.74) is -0.230. The number of nitrogens with one attached hydrogen (secondary N) is 1. The predicted octanol–water partition coefficient (Wildman–Crippen LogP) is 3.55. The highest BCUT2D eigenvalue weighted by atomic mass is 19.4. The van der Waals surface area contributed by atoms with Crippen LogP contribution in [0.4, 0.5) is 17.6 Å². The molecule has 1 aromatic rings. The number of halogens is 4. The maximum Gasteiger partial charge on any atom is 0.412 e. The molecule has 1 saturated carbocycles. The van der Waals surface area contributed by atoms with Gasteiger partial charge in [0.15, 0.2) is 6.04 Å². The van der Waals surface area contributed by atoms with E-state index >= 15 is 0 Å². The first-order valence-corrected chi connectivity index (χ1v) is 7.32. The van der Waals surface area contributed by atoms with Crippen LogP contribution < -0.4 is 5.32 Å². The SMILES string of the molecule is CC1CC(=O)CCC1C(=O)NC(c1ccc(F)cc1)C(F)(F)F. The molecule has 1 fully saturated rings. The van der Waals surface area contributed by atoms with Gasteiger partial charge in [-0.25, -0.2) is 4.39 Å². The van der Waals surface area contributed by atoms with Crippen LogP contribution in [-0.4, -0.2) is 17.9 Å². The van der Waals surface area contributed by atoms with Crippen molar-refractivity contribution in [2.75, 3.05) is 0 Å². The Balaban J connectivity index is 2.16. The highest BCUT2D eigenvalue weighted by molar-refractivity contribution is 5.85. The van der Waals surface area contributed by atoms with Gasteiger partial charge in [-0.05, 0) is 30.0 Å². The summed E-state index contributed by atoms with van der Waals surface area (Å²) in [5, 5.41) is 2.01. The van der Waals surface area contributed by atoms with E-state index in [0.717, 1.165) is 24.3 Å². The second kappa shape index (κ2) is 6.68. The van der Waals surface area contributed by atoms with Crippen LogP contribution in [0.2, 0.25) is 0 Å². The van der Waals surface area contributed by atoms with Gasteiger partial charge in [0.25, 0.3) is 0 Å². The van der Waals surface area contributed by atoms with Crippen molar-refractivity contribution in [2.24, 2.45) is 11.8 Å². The van der Waals surface area contributed by atoms with Crippen molar-refractivity contribution in [3.63, 3.8) is 0 Å². The molecule has 1 N–H and O–H groups in total. The van der Waals surface area contributed by atoms with Gasteiger partial charge in [-0.2, -0.15) is 13.2 Å². The van der Waals surface area contributed by atoms with Crippen LogP contribution >= 0.6 is 0 Å². The normalized spacial score (nSPS) is 23.4. The Labute approximate surface area is 131 Å². The van der Waals surface area contributed by atoms with Gasteiger partial charge >= 0.3 is 6.18 Å². The molecular weight excluding hydrogens is 314 g/mol. The fourth-order valence-corrected chi connectivity index (χ4v) is 2.85. The van der Waals surface area contributed by atoms with Crippen LogP contribution in [0.15, 0.2) is 24.3 Å². The van der Waals surface area contributed by atoms with E-state index < -0.39 is 29.9 Å². The number of carbonyl (C=O) groups is 2. The zero-order chi connectivity index (χ0) is 17.2. The van der Waals surface area contributed by atoms with Crippen LogP contribution in [0.3, 0.4) is 0 Å². The highest BCUT2D eigenvalue weighted by Crippen LogP contribution is 2.34. The molecule has 1 aliphatic carbocycles. The van der Waals surface area contributed by atoms with Crippen molar-refractivity contribution in [3.8, 4) is 0 Å². The third-order valence-corrected chi connectivity index (χ3v) is 4.12. The molecule has 0 radical (unpaired) electrons. The largest absolute Gasteiger partial charge is 0.412 e. The van der Waals surface area contributed by atoms with Gasteiger partial charge in [0.2, 0.25) is 5.91 Å². The molecule has 3 nitrogen and oxygen atoms in total. The Hall–Kier alpha value is -1.92. The molecule has 3 atom stereocenters. The number of Topliss-reactive ketones (excluding diaryl/α,β-unsaturated/α-hetero) is 1. The van der Waals surface area contributed by atoms with Crippen LogP contribution in [-0.2, 0) is 9.59 Å². The van der Waals surface area contributed by atoms with E-state index in [1.54, 1.807) is 6.92 Å². The molecular formula is C16H17F4NO2. The third kappa shape index (κ3) is 4.30. The van der Waals surface area contributed by atoms with Crippen molar-refractivity contribution in [3.05, 3.63) is 35.6 Å². The van der Waals surface area contributed by atoms with Crippen molar-refractivity contribution >= 4 is 11.7 Å². The molecule has 0 aromatic heterocycles. The monoisotopic (exact) mass is 331 g/mol. The lowest BCUT2D eigenvalue weighted by atomic mass is 9.79. The maximum absolute atomic E-state index is 13.2. The maximum atomic E-state index is 13.2. The summed E-state index contributed by atoms with van der Waals surface area (Å²) >= 11 is 0. The number of amides is 1. The molecule has 1 aromatic carbocycles. The smallest absolute Gasteiger partial charge is 0.341 e. The third-order valence-electron chi connectivity index (χ3n) is 4.12. The number of hydrogen-bond acceptors (Lipinski definition) is 2. The summed E-state index contributed by atoms with van der Waals surface area (Å²) in [6.07, 6.45) is -4.04. The molecule has 0 aliphatic heterocycles. The first kappa shape index (κ1) is 17.4. The van der Waals surface area contributed by atoms with Crippen LogP contribution in [0.5, 0.6) is 0 Å². The van der Waals surface area contributed by atoms with Crippen LogP contribution in [0.1, 0.15) is 37.8 Å². The van der Waals surface area contributed by atoms with Gasteiger partial charge in [0, 0.05) is 18.8 Å². The van der Waals surface area contributed by atoms with Gasteiger partial charge in [-0.15, -0.1) is 0 Å². The van der Waals surface area contributed by atoms with E-state index in [2.05, 4.69) is 0 Å². The van der Waals surface area contributed by atoms with Gasteiger partial charge in [0.1, 0.15) is 11.6 Å². The Kier molecular flexibility index (Phi) is 5.06. The van der Waals surface area contributed by atoms with E-state index in [-0.39, 0.29) is 36.5 Å². The Bertz CT molecular complexity index is 583. The quantitative estimate of drug-likeness (QED) is 0.861. The van der Waals surface area contributed by atoms with E-state index in [1.165, 1.54) is 0 Å². The number of rotatable bonds is 3. The average molecular weight is 331 g/mol. The van der Waals surface area contributed by atoms with Crippen molar-refractivity contribution < 1.29 is 27.2 Å². The molecule has 1 aliphatic rings. The topological polar surface area (TPSA) is 46.2 Å². The van der Waals surface area contributed by atoms with Crippen LogP contribution in [0.25, 0.3) is 0 Å². The second-order valence-electron chi connectivity index (χ2n) is 5.90. The predicted molar refractivity (Wildman–Crippen MR) is 74.9 cm³/mol. The van der Waals surface area contributed by atoms with E-state index in [9.17, 15) is 27.2 Å². The molecule has 1 amide bonds. The molecule has 126 valence electrons. The van der Waals surface area contributed by atoms with E-state index in [0.29, 0.717) is 0 Å². The zero-order valence-corrected chi connectivity index (χ0v) is 12.5. The summed E-state index contributed by atoms with van der Waals surface area (Å²) in [7, 11) is 0. The lowest BCUT2D eigenvalue weighted by molar-refractivity contribution is -0.165. The van der Waals surface area contributed by atoms with Crippen LogP contribution in [0, 0.1) is 17.7 Å². The highest BCUT2D eigenvalue weighted by Gasteiger charge is 2.43. The Morgan fingerprint density at radius 2 is 1.87 bits per heavy atom. The summed E-state index contributed by atoms with van der Waals surface area (Å²) in [5.74, 6) is -2.28. The first-order chi connectivity index (χ1) is 10.7. The Morgan fingerprint density at radius 3 is 2.39 bits per heavy atom. The second-order valence-corrected chi connectivity index (χ2v) is 5.90. The summed E-state index contributed by atoms with van der Waals surface area (Å²) in [6, 6.07) is 1.65. The number of hydrogen-bond donors (Lipinski definition) is 1. The van der Waals surface area contributed by atoms with E-state index in [1.807, 2.05) is 5.32 Å². The number of carbonyl (C=O) groups excluding carboxylic acids is 2. The fourth-order valence-electron chi connectivity index (χ4n) is 2.85. The van der Waals surface area contributed by atoms with Gasteiger partial charge in [-0.3, -0.25) is 9.59 Å². The van der Waals surface area contributed by atoms with Crippen molar-refractivity contribution in [2.45, 2.75) is 38.4 Å². The minimum Gasteiger partial charge on any atom is -0.341 e. The zero-order valence-electron chi connectivity index (χ0n) is 12.5.